The minimum atomic E-state index is -3.66. The number of carboxylic acid groups (broad SMARTS) is 1. The van der Waals surface area contributed by atoms with Crippen molar-refractivity contribution in [2.75, 3.05) is 10.8 Å². The Balaban J connectivity index is 1.45. The van der Waals surface area contributed by atoms with E-state index in [9.17, 15) is 18.3 Å². The van der Waals surface area contributed by atoms with Crippen molar-refractivity contribution in [3.8, 4) is 11.1 Å². The summed E-state index contributed by atoms with van der Waals surface area (Å²) in [6.45, 7) is 2.20. The van der Waals surface area contributed by atoms with E-state index in [-0.39, 0.29) is 18.9 Å². The number of aryl methyl sites for hydroxylation is 1. The zero-order valence-corrected chi connectivity index (χ0v) is 21.0. The van der Waals surface area contributed by atoms with Crippen molar-refractivity contribution in [3.63, 3.8) is 0 Å². The number of benzene rings is 2. The maximum Gasteiger partial charge on any atom is 0.303 e. The second-order valence-electron chi connectivity index (χ2n) is 8.45. The van der Waals surface area contributed by atoms with Gasteiger partial charge in [0.2, 0.25) is 10.0 Å². The molecule has 0 amide bonds. The Morgan fingerprint density at radius 2 is 1.97 bits per heavy atom. The third-order valence-corrected chi connectivity index (χ3v) is 10.9. The van der Waals surface area contributed by atoms with Crippen molar-refractivity contribution in [2.24, 2.45) is 0 Å². The Morgan fingerprint density at radius 3 is 2.68 bits per heavy atom. The molecule has 2 aliphatic rings. The van der Waals surface area contributed by atoms with Gasteiger partial charge in [0.15, 0.2) is 0 Å². The highest BCUT2D eigenvalue weighted by Crippen LogP contribution is 2.48. The van der Waals surface area contributed by atoms with E-state index in [0.717, 1.165) is 32.3 Å². The molecule has 2 atom stereocenters. The predicted molar refractivity (Wildman–Crippen MR) is 139 cm³/mol. The molecule has 0 saturated heterocycles. The first-order valence-corrected chi connectivity index (χ1v) is 14.3. The lowest BCUT2D eigenvalue weighted by Crippen LogP contribution is -2.36. The number of carbonyl (C=O) groups is 1. The van der Waals surface area contributed by atoms with E-state index in [1.807, 2.05) is 66.9 Å². The van der Waals surface area contributed by atoms with Crippen molar-refractivity contribution in [1.82, 2.24) is 4.98 Å². The molecule has 0 spiro atoms. The number of thiazole rings is 1. The van der Waals surface area contributed by atoms with Gasteiger partial charge in [-0.2, -0.15) is 0 Å². The van der Waals surface area contributed by atoms with Gasteiger partial charge in [0.25, 0.3) is 0 Å². The van der Waals surface area contributed by atoms with Gasteiger partial charge in [-0.15, -0.1) is 23.1 Å². The van der Waals surface area contributed by atoms with Gasteiger partial charge in [0.05, 0.1) is 16.4 Å². The number of fused-ring (bicyclic) bond motifs is 1. The van der Waals surface area contributed by atoms with Crippen molar-refractivity contribution < 1.29 is 18.3 Å². The summed E-state index contributed by atoms with van der Waals surface area (Å²) in [7, 11) is -3.66. The smallest absolute Gasteiger partial charge is 0.303 e. The van der Waals surface area contributed by atoms with Gasteiger partial charge in [0.1, 0.15) is 4.58 Å². The molecule has 0 saturated carbocycles. The van der Waals surface area contributed by atoms with Gasteiger partial charge in [-0.3, -0.25) is 9.10 Å². The third-order valence-electron chi connectivity index (χ3n) is 6.20. The Kier molecular flexibility index (Phi) is 6.26. The fraction of sp³-hybridized carbons (Fsp3) is 0.280. The molecule has 2 aromatic carbocycles. The van der Waals surface area contributed by atoms with Crippen LogP contribution in [-0.4, -0.2) is 35.6 Å². The Bertz CT molecular complexity index is 1370. The minimum absolute atomic E-state index is 0.000613. The molecule has 0 fully saturated rings. The number of hydrogen-bond donors (Lipinski definition) is 1. The zero-order valence-electron chi connectivity index (χ0n) is 18.5. The number of hydrogen-bond acceptors (Lipinski definition) is 6. The van der Waals surface area contributed by atoms with Crippen LogP contribution in [0.4, 0.5) is 5.69 Å². The standard InChI is InChI=1S/C25H24N2O4S3/c1-16-26-21(15-32-16)23-10-12-25(33-23)34(30,31)27-14-19(8-11-24(28)29)20-13-18(7-9-22(20)27)17-5-3-2-4-6-17/h2-7,9-10,13,15,19,25H,8,11-12,14H2,1H3,(H,28,29). The third kappa shape index (κ3) is 4.39. The van der Waals surface area contributed by atoms with E-state index in [1.54, 1.807) is 11.3 Å². The first kappa shape index (κ1) is 23.1. The molecule has 5 rings (SSSR count). The van der Waals surface area contributed by atoms with Crippen LogP contribution in [0.1, 0.15) is 41.4 Å². The second-order valence-corrected chi connectivity index (χ2v) is 13.1. The lowest BCUT2D eigenvalue weighted by atomic mass is 9.93. The molecule has 1 aromatic heterocycles. The molecular formula is C25H24N2O4S3. The van der Waals surface area contributed by atoms with Crippen molar-refractivity contribution >= 4 is 49.7 Å². The zero-order chi connectivity index (χ0) is 23.9. The summed E-state index contributed by atoms with van der Waals surface area (Å²) in [5.74, 6) is -1.04. The number of aliphatic carboxylic acids is 1. The summed E-state index contributed by atoms with van der Waals surface area (Å²) in [6.07, 6.45) is 2.78. The van der Waals surface area contributed by atoms with Crippen LogP contribution in [0.2, 0.25) is 0 Å². The average molecular weight is 513 g/mol. The van der Waals surface area contributed by atoms with Crippen LogP contribution in [0.15, 0.2) is 60.0 Å². The van der Waals surface area contributed by atoms with Gasteiger partial charge in [-0.25, -0.2) is 13.4 Å². The average Bonchev–Trinajstić information content (AvgIpc) is 3.56. The highest BCUT2D eigenvalue weighted by Gasteiger charge is 2.42. The lowest BCUT2D eigenvalue weighted by Gasteiger charge is -2.24. The maximum atomic E-state index is 13.8. The molecule has 1 N–H and O–H groups in total. The van der Waals surface area contributed by atoms with Crippen LogP contribution in [0, 0.1) is 6.92 Å². The molecule has 3 aromatic rings. The number of sulfonamides is 1. The molecule has 6 nitrogen and oxygen atoms in total. The summed E-state index contributed by atoms with van der Waals surface area (Å²) in [5.41, 5.74) is 4.43. The number of nitrogens with zero attached hydrogens (tertiary/aromatic N) is 2. The summed E-state index contributed by atoms with van der Waals surface area (Å²) in [6, 6.07) is 15.7. The highest BCUT2D eigenvalue weighted by atomic mass is 32.3. The first-order valence-electron chi connectivity index (χ1n) is 11.0. The summed E-state index contributed by atoms with van der Waals surface area (Å²) < 4.78 is 28.4. The molecule has 0 bridgehead atoms. The molecule has 2 aliphatic heterocycles. The van der Waals surface area contributed by atoms with E-state index >= 15 is 0 Å². The van der Waals surface area contributed by atoms with Crippen LogP contribution in [-0.2, 0) is 14.8 Å². The quantitative estimate of drug-likeness (QED) is 0.436. The van der Waals surface area contributed by atoms with Gasteiger partial charge in [0, 0.05) is 29.2 Å². The van der Waals surface area contributed by atoms with Crippen molar-refractivity contribution in [1.29, 1.82) is 0 Å². The molecule has 34 heavy (non-hydrogen) atoms. The van der Waals surface area contributed by atoms with E-state index in [1.165, 1.54) is 16.1 Å². The number of anilines is 1. The SMILES string of the molecule is Cc1nc(C2=CCC(S(=O)(=O)N3CC(CCC(=O)O)c4cc(-c5ccccc5)ccc43)S2)cs1. The van der Waals surface area contributed by atoms with E-state index in [2.05, 4.69) is 4.98 Å². The fourth-order valence-corrected chi connectivity index (χ4v) is 8.65. The predicted octanol–water partition coefficient (Wildman–Crippen LogP) is 5.72. The molecule has 0 radical (unpaired) electrons. The maximum absolute atomic E-state index is 13.8. The lowest BCUT2D eigenvalue weighted by molar-refractivity contribution is -0.137. The molecule has 0 aliphatic carbocycles. The molecular weight excluding hydrogens is 488 g/mol. The highest BCUT2D eigenvalue weighted by molar-refractivity contribution is 8.19. The van der Waals surface area contributed by atoms with Crippen LogP contribution in [0.25, 0.3) is 16.0 Å². The van der Waals surface area contributed by atoms with Crippen LogP contribution in [0.3, 0.4) is 0 Å². The number of rotatable bonds is 7. The molecule has 9 heteroatoms. The number of aromatic nitrogens is 1. The summed E-state index contributed by atoms with van der Waals surface area (Å²) >= 11 is 2.90. The van der Waals surface area contributed by atoms with E-state index in [4.69, 9.17) is 0 Å². The van der Waals surface area contributed by atoms with Crippen molar-refractivity contribution in [2.45, 2.75) is 36.7 Å². The molecule has 176 valence electrons. The van der Waals surface area contributed by atoms with Crippen LogP contribution >= 0.6 is 23.1 Å². The number of thioether (sulfide) groups is 1. The van der Waals surface area contributed by atoms with Gasteiger partial charge >= 0.3 is 5.97 Å². The van der Waals surface area contributed by atoms with Crippen molar-refractivity contribution in [3.05, 3.63) is 76.3 Å². The summed E-state index contributed by atoms with van der Waals surface area (Å²) in [4.78, 5) is 16.7. The Hall–Kier alpha value is -2.62. The normalized spacial score (nSPS) is 19.8. The largest absolute Gasteiger partial charge is 0.481 e. The van der Waals surface area contributed by atoms with E-state index < -0.39 is 20.6 Å². The Morgan fingerprint density at radius 1 is 1.18 bits per heavy atom. The first-order chi connectivity index (χ1) is 16.3. The van der Waals surface area contributed by atoms with Gasteiger partial charge in [-0.05, 0) is 48.6 Å². The van der Waals surface area contributed by atoms with Crippen LogP contribution < -0.4 is 4.31 Å². The Labute approximate surface area is 207 Å². The fourth-order valence-electron chi connectivity index (χ4n) is 4.51. The second kappa shape index (κ2) is 9.20. The monoisotopic (exact) mass is 512 g/mol. The number of carboxylic acids is 1. The minimum Gasteiger partial charge on any atom is -0.481 e. The molecule has 3 heterocycles. The topological polar surface area (TPSA) is 87.6 Å². The summed E-state index contributed by atoms with van der Waals surface area (Å²) in [5, 5.41) is 12.2. The molecule has 2 unspecified atom stereocenters. The van der Waals surface area contributed by atoms with Gasteiger partial charge < -0.3 is 5.11 Å². The van der Waals surface area contributed by atoms with Crippen LogP contribution in [0.5, 0.6) is 0 Å². The van der Waals surface area contributed by atoms with Gasteiger partial charge in [-0.1, -0.05) is 42.5 Å². The number of allylic oxidation sites excluding steroid dienone is 1. The van der Waals surface area contributed by atoms with E-state index in [0.29, 0.717) is 18.5 Å².